The average Bonchev–Trinajstić information content (AvgIpc) is 3.23. The molecule has 184 valence electrons. The van der Waals surface area contributed by atoms with Gasteiger partial charge in [-0.3, -0.25) is 14.5 Å². The number of hydrogen-bond acceptors (Lipinski definition) is 7. The van der Waals surface area contributed by atoms with Gasteiger partial charge >= 0.3 is 5.97 Å². The van der Waals surface area contributed by atoms with E-state index in [0.29, 0.717) is 69.3 Å². The Hall–Kier alpha value is -3.24. The first-order valence-electron chi connectivity index (χ1n) is 11.5. The molecule has 0 aliphatic carbocycles. The van der Waals surface area contributed by atoms with Crippen LogP contribution in [0, 0.1) is 6.92 Å². The normalized spacial score (nSPS) is 14.1. The zero-order valence-corrected chi connectivity index (χ0v) is 20.1. The molecule has 34 heavy (non-hydrogen) atoms. The van der Waals surface area contributed by atoms with Crippen molar-refractivity contribution < 1.29 is 23.9 Å². The van der Waals surface area contributed by atoms with Crippen LogP contribution in [0.25, 0.3) is 5.69 Å². The van der Waals surface area contributed by atoms with Crippen LogP contribution in [0.1, 0.15) is 39.8 Å². The summed E-state index contributed by atoms with van der Waals surface area (Å²) in [6.07, 6.45) is 2.28. The van der Waals surface area contributed by atoms with Gasteiger partial charge in [-0.2, -0.15) is 5.10 Å². The fourth-order valence-corrected chi connectivity index (χ4v) is 3.82. The molecule has 2 heterocycles. The lowest BCUT2D eigenvalue weighted by Gasteiger charge is -2.34. The number of nitrogens with zero attached hydrogens (tertiary/aromatic N) is 4. The van der Waals surface area contributed by atoms with Gasteiger partial charge in [-0.15, -0.1) is 0 Å². The van der Waals surface area contributed by atoms with Crippen LogP contribution in [-0.2, 0) is 14.3 Å². The van der Waals surface area contributed by atoms with Gasteiger partial charge in [-0.25, -0.2) is 9.48 Å². The number of esters is 1. The van der Waals surface area contributed by atoms with E-state index in [1.165, 1.54) is 6.20 Å². The number of methoxy groups -OCH3 is 1. The Morgan fingerprint density at radius 2 is 1.79 bits per heavy atom. The van der Waals surface area contributed by atoms with Crippen LogP contribution in [0.3, 0.4) is 0 Å². The number of benzene rings is 1. The van der Waals surface area contributed by atoms with E-state index in [9.17, 15) is 14.4 Å². The van der Waals surface area contributed by atoms with Crippen LogP contribution >= 0.6 is 0 Å². The number of rotatable bonds is 10. The molecule has 0 unspecified atom stereocenters. The highest BCUT2D eigenvalue weighted by Crippen LogP contribution is 2.17. The lowest BCUT2D eigenvalue weighted by atomic mass is 10.1. The fourth-order valence-electron chi connectivity index (χ4n) is 3.82. The van der Waals surface area contributed by atoms with Crippen LogP contribution in [-0.4, -0.2) is 97.0 Å². The Morgan fingerprint density at radius 1 is 1.09 bits per heavy atom. The Morgan fingerprint density at radius 3 is 2.44 bits per heavy atom. The summed E-state index contributed by atoms with van der Waals surface area (Å²) in [5.41, 5.74) is 2.44. The van der Waals surface area contributed by atoms with Gasteiger partial charge in [0.05, 0.1) is 30.7 Å². The molecule has 1 aliphatic heterocycles. The first-order chi connectivity index (χ1) is 16.4. The topological polar surface area (TPSA) is 106 Å². The van der Waals surface area contributed by atoms with Crippen LogP contribution in [0.4, 0.5) is 0 Å². The summed E-state index contributed by atoms with van der Waals surface area (Å²) in [7, 11) is 1.64. The zero-order chi connectivity index (χ0) is 24.5. The molecule has 1 aromatic heterocycles. The van der Waals surface area contributed by atoms with Crippen LogP contribution in [0.5, 0.6) is 0 Å². The Balaban J connectivity index is 1.52. The molecule has 0 bridgehead atoms. The van der Waals surface area contributed by atoms with Crippen LogP contribution < -0.4 is 5.32 Å². The summed E-state index contributed by atoms with van der Waals surface area (Å²) in [6.45, 7) is 7.86. The third-order valence-corrected chi connectivity index (χ3v) is 5.74. The van der Waals surface area contributed by atoms with Gasteiger partial charge in [-0.05, 0) is 44.5 Å². The minimum Gasteiger partial charge on any atom is -0.462 e. The molecule has 0 saturated carbocycles. The van der Waals surface area contributed by atoms with Gasteiger partial charge in [0.15, 0.2) is 0 Å². The van der Waals surface area contributed by atoms with Crippen molar-refractivity contribution in [2.75, 3.05) is 59.6 Å². The van der Waals surface area contributed by atoms with Crippen LogP contribution in [0.2, 0.25) is 0 Å². The van der Waals surface area contributed by atoms with Crippen molar-refractivity contribution in [3.63, 3.8) is 0 Å². The monoisotopic (exact) mass is 471 g/mol. The second-order valence-electron chi connectivity index (χ2n) is 8.09. The predicted octanol–water partition coefficient (Wildman–Crippen LogP) is 1.27. The maximum absolute atomic E-state index is 12.9. The highest BCUT2D eigenvalue weighted by molar-refractivity contribution is 5.94. The van der Waals surface area contributed by atoms with Crippen molar-refractivity contribution in [1.82, 2.24) is 24.9 Å². The first-order valence-corrected chi connectivity index (χ1v) is 11.5. The number of hydrogen-bond donors (Lipinski definition) is 1. The molecule has 1 aromatic carbocycles. The molecule has 1 saturated heterocycles. The quantitative estimate of drug-likeness (QED) is 0.411. The summed E-state index contributed by atoms with van der Waals surface area (Å²) < 4.78 is 11.7. The Bertz CT molecular complexity index is 980. The molecule has 3 rings (SSSR count). The summed E-state index contributed by atoms with van der Waals surface area (Å²) >= 11 is 0. The smallest absolute Gasteiger partial charge is 0.341 e. The van der Waals surface area contributed by atoms with Crippen molar-refractivity contribution in [3.8, 4) is 5.69 Å². The number of nitrogens with one attached hydrogen (secondary N) is 1. The van der Waals surface area contributed by atoms with Crippen LogP contribution in [0.15, 0.2) is 30.5 Å². The summed E-state index contributed by atoms with van der Waals surface area (Å²) in [5.74, 6) is -0.452. The third kappa shape index (κ3) is 6.42. The number of carbonyl (C=O) groups is 3. The van der Waals surface area contributed by atoms with Gasteiger partial charge < -0.3 is 19.7 Å². The number of piperazine rings is 1. The maximum Gasteiger partial charge on any atom is 0.341 e. The van der Waals surface area contributed by atoms with E-state index in [1.807, 2.05) is 12.1 Å². The standard InChI is InChI=1S/C24H33N5O5/c1-4-34-24(32)21-16-26-29(18(21)2)20-8-6-19(7-9-20)23(31)28-13-11-27(12-14-28)17-22(30)25-10-5-15-33-3/h6-9,16H,4-5,10-15,17H2,1-3H3,(H,25,30). The van der Waals surface area contributed by atoms with Gasteiger partial charge in [0.25, 0.3) is 5.91 Å². The number of aromatic nitrogens is 2. The molecule has 10 heteroatoms. The number of amides is 2. The van der Waals surface area contributed by atoms with Gasteiger partial charge in [0.2, 0.25) is 5.91 Å². The highest BCUT2D eigenvalue weighted by Gasteiger charge is 2.23. The van der Waals surface area contributed by atoms with Gasteiger partial charge in [0, 0.05) is 52.0 Å². The molecule has 1 N–H and O–H groups in total. The van der Waals surface area contributed by atoms with E-state index < -0.39 is 5.97 Å². The summed E-state index contributed by atoms with van der Waals surface area (Å²) in [6, 6.07) is 7.16. The molecule has 1 aliphatic rings. The Labute approximate surface area is 199 Å². The van der Waals surface area contributed by atoms with Crippen molar-refractivity contribution in [2.24, 2.45) is 0 Å². The molecule has 0 spiro atoms. The number of carbonyl (C=O) groups excluding carboxylic acids is 3. The number of ether oxygens (including phenoxy) is 2. The first kappa shape index (κ1) is 25.4. The molecular weight excluding hydrogens is 438 g/mol. The molecule has 1 fully saturated rings. The summed E-state index contributed by atoms with van der Waals surface area (Å²) in [5, 5.41) is 7.18. The summed E-state index contributed by atoms with van der Waals surface area (Å²) in [4.78, 5) is 40.9. The molecular formula is C24H33N5O5. The zero-order valence-electron chi connectivity index (χ0n) is 20.1. The van der Waals surface area contributed by atoms with Crippen molar-refractivity contribution in [1.29, 1.82) is 0 Å². The van der Waals surface area contributed by atoms with E-state index in [1.54, 1.807) is 42.7 Å². The van der Waals surface area contributed by atoms with E-state index in [4.69, 9.17) is 9.47 Å². The third-order valence-electron chi connectivity index (χ3n) is 5.74. The molecule has 0 atom stereocenters. The molecule has 10 nitrogen and oxygen atoms in total. The lowest BCUT2D eigenvalue weighted by molar-refractivity contribution is -0.122. The SMILES string of the molecule is CCOC(=O)c1cnn(-c2ccc(C(=O)N3CCN(CC(=O)NCCCOC)CC3)cc2)c1C. The van der Waals surface area contributed by atoms with E-state index in [2.05, 4.69) is 15.3 Å². The van der Waals surface area contributed by atoms with Gasteiger partial charge in [0.1, 0.15) is 5.56 Å². The van der Waals surface area contributed by atoms with E-state index in [-0.39, 0.29) is 11.8 Å². The average molecular weight is 472 g/mol. The second-order valence-corrected chi connectivity index (χ2v) is 8.09. The minimum absolute atomic E-state index is 0.00787. The molecule has 2 amide bonds. The Kier molecular flexibility index (Phi) is 9.17. The second kappa shape index (κ2) is 12.3. The van der Waals surface area contributed by atoms with E-state index >= 15 is 0 Å². The van der Waals surface area contributed by atoms with Gasteiger partial charge in [-0.1, -0.05) is 0 Å². The molecule has 2 aromatic rings. The van der Waals surface area contributed by atoms with Crippen molar-refractivity contribution >= 4 is 17.8 Å². The molecule has 0 radical (unpaired) electrons. The predicted molar refractivity (Wildman–Crippen MR) is 126 cm³/mol. The lowest BCUT2D eigenvalue weighted by Crippen LogP contribution is -2.51. The fraction of sp³-hybridized carbons (Fsp3) is 0.500. The van der Waals surface area contributed by atoms with Crippen molar-refractivity contribution in [3.05, 3.63) is 47.3 Å². The maximum atomic E-state index is 12.9. The highest BCUT2D eigenvalue weighted by atomic mass is 16.5. The van der Waals surface area contributed by atoms with Crippen molar-refractivity contribution in [2.45, 2.75) is 20.3 Å². The van der Waals surface area contributed by atoms with E-state index in [0.717, 1.165) is 12.1 Å². The largest absolute Gasteiger partial charge is 0.462 e. The minimum atomic E-state index is -0.402.